The van der Waals surface area contributed by atoms with E-state index in [9.17, 15) is 4.79 Å². The van der Waals surface area contributed by atoms with Crippen LogP contribution in [0.25, 0.3) is 0 Å². The number of hydrogen-bond donors (Lipinski definition) is 2. The molecule has 1 fully saturated rings. The fraction of sp³-hybridized carbons (Fsp3) is 0.462. The average molecular weight is 313 g/mol. The van der Waals surface area contributed by atoms with Gasteiger partial charge in [-0.1, -0.05) is 15.9 Å². The minimum Gasteiger partial charge on any atom is -0.397 e. The Morgan fingerprint density at radius 2 is 2.28 bits per heavy atom. The van der Waals surface area contributed by atoms with Crippen LogP contribution in [0.4, 0.5) is 11.4 Å². The summed E-state index contributed by atoms with van der Waals surface area (Å²) in [5, 5.41) is 2.87. The molecule has 98 valence electrons. The average Bonchev–Trinajstić information content (AvgIpc) is 2.34. The fourth-order valence-corrected chi connectivity index (χ4v) is 2.68. The molecule has 3 N–H and O–H groups in total. The molecule has 1 aromatic rings. The second kappa shape index (κ2) is 5.71. The first-order valence-electron chi connectivity index (χ1n) is 6.06. The van der Waals surface area contributed by atoms with Gasteiger partial charge in [0.15, 0.2) is 0 Å². The number of ether oxygens (including phenoxy) is 1. The molecule has 0 radical (unpaired) electrons. The molecule has 1 amide bonds. The van der Waals surface area contributed by atoms with E-state index in [2.05, 4.69) is 21.2 Å². The van der Waals surface area contributed by atoms with Gasteiger partial charge in [0.2, 0.25) is 0 Å². The molecule has 1 heterocycles. The fourth-order valence-electron chi connectivity index (χ4n) is 2.09. The Labute approximate surface area is 115 Å². The number of nitrogens with one attached hydrogen (secondary N) is 1. The molecule has 1 aliphatic heterocycles. The molecular weight excluding hydrogens is 296 g/mol. The van der Waals surface area contributed by atoms with Crippen molar-refractivity contribution < 1.29 is 9.53 Å². The zero-order valence-electron chi connectivity index (χ0n) is 10.3. The molecule has 1 saturated heterocycles. The van der Waals surface area contributed by atoms with Gasteiger partial charge in [-0.3, -0.25) is 4.79 Å². The smallest absolute Gasteiger partial charge is 0.253 e. The van der Waals surface area contributed by atoms with Crippen molar-refractivity contribution in [3.8, 4) is 0 Å². The SMILES string of the molecule is Cc1cc(Br)cc(N)c1NC(=O)C1CCCCO1. The van der Waals surface area contributed by atoms with Crippen LogP contribution in [-0.2, 0) is 9.53 Å². The number of carbonyl (C=O) groups excluding carboxylic acids is 1. The Balaban J connectivity index is 2.11. The maximum absolute atomic E-state index is 12.1. The van der Waals surface area contributed by atoms with Gasteiger partial charge in [0.05, 0.1) is 11.4 Å². The topological polar surface area (TPSA) is 64.3 Å². The van der Waals surface area contributed by atoms with Gasteiger partial charge in [-0.05, 0) is 43.9 Å². The third kappa shape index (κ3) is 3.03. The lowest BCUT2D eigenvalue weighted by Crippen LogP contribution is -2.33. The van der Waals surface area contributed by atoms with Gasteiger partial charge < -0.3 is 15.8 Å². The van der Waals surface area contributed by atoms with Crippen LogP contribution >= 0.6 is 15.9 Å². The van der Waals surface area contributed by atoms with E-state index in [0.29, 0.717) is 18.0 Å². The number of anilines is 2. The van der Waals surface area contributed by atoms with Crippen LogP contribution in [0.3, 0.4) is 0 Å². The zero-order valence-corrected chi connectivity index (χ0v) is 11.9. The number of amides is 1. The molecule has 1 aliphatic rings. The molecule has 0 bridgehead atoms. The first kappa shape index (κ1) is 13.4. The standard InChI is InChI=1S/C13H17BrN2O2/c1-8-6-9(14)7-10(15)12(8)16-13(17)11-4-2-3-5-18-11/h6-7,11H,2-5,15H2,1H3,(H,16,17). The van der Waals surface area contributed by atoms with Crippen molar-refractivity contribution in [3.63, 3.8) is 0 Å². The summed E-state index contributed by atoms with van der Waals surface area (Å²) in [5.41, 5.74) is 8.09. The summed E-state index contributed by atoms with van der Waals surface area (Å²) in [4.78, 5) is 12.1. The maximum Gasteiger partial charge on any atom is 0.253 e. The van der Waals surface area contributed by atoms with Gasteiger partial charge in [-0.25, -0.2) is 0 Å². The van der Waals surface area contributed by atoms with E-state index in [1.807, 2.05) is 13.0 Å². The van der Waals surface area contributed by atoms with E-state index in [4.69, 9.17) is 10.5 Å². The lowest BCUT2D eigenvalue weighted by atomic mass is 10.1. The highest BCUT2D eigenvalue weighted by molar-refractivity contribution is 9.10. The molecular formula is C13H17BrN2O2. The Morgan fingerprint density at radius 1 is 1.50 bits per heavy atom. The van der Waals surface area contributed by atoms with Gasteiger partial charge in [0.25, 0.3) is 5.91 Å². The third-order valence-electron chi connectivity index (χ3n) is 3.05. The van der Waals surface area contributed by atoms with Crippen molar-refractivity contribution >= 4 is 33.2 Å². The Kier molecular flexibility index (Phi) is 4.24. The summed E-state index contributed by atoms with van der Waals surface area (Å²) < 4.78 is 6.36. The van der Waals surface area contributed by atoms with E-state index < -0.39 is 0 Å². The molecule has 18 heavy (non-hydrogen) atoms. The molecule has 0 aliphatic carbocycles. The highest BCUT2D eigenvalue weighted by atomic mass is 79.9. The number of hydrogen-bond acceptors (Lipinski definition) is 3. The predicted octanol–water partition coefficient (Wildman–Crippen LogP) is 2.85. The predicted molar refractivity (Wildman–Crippen MR) is 75.5 cm³/mol. The van der Waals surface area contributed by atoms with Crippen molar-refractivity contribution in [2.24, 2.45) is 0 Å². The normalized spacial score (nSPS) is 19.6. The van der Waals surface area contributed by atoms with Gasteiger partial charge in [0, 0.05) is 11.1 Å². The number of nitrogens with two attached hydrogens (primary N) is 1. The van der Waals surface area contributed by atoms with Gasteiger partial charge >= 0.3 is 0 Å². The van der Waals surface area contributed by atoms with Gasteiger partial charge in [-0.15, -0.1) is 0 Å². The van der Waals surface area contributed by atoms with E-state index in [1.165, 1.54) is 0 Å². The Bertz CT molecular complexity index is 433. The lowest BCUT2D eigenvalue weighted by molar-refractivity contribution is -0.129. The van der Waals surface area contributed by atoms with Gasteiger partial charge in [-0.2, -0.15) is 0 Å². The van der Waals surface area contributed by atoms with Crippen molar-refractivity contribution in [2.45, 2.75) is 32.3 Å². The van der Waals surface area contributed by atoms with Gasteiger partial charge in [0.1, 0.15) is 6.10 Å². The van der Waals surface area contributed by atoms with Crippen LogP contribution in [0, 0.1) is 6.92 Å². The van der Waals surface area contributed by atoms with E-state index in [0.717, 1.165) is 29.3 Å². The van der Waals surface area contributed by atoms with E-state index >= 15 is 0 Å². The monoisotopic (exact) mass is 312 g/mol. The molecule has 0 aromatic heterocycles. The Hall–Kier alpha value is -1.07. The molecule has 0 spiro atoms. The summed E-state index contributed by atoms with van der Waals surface area (Å²) >= 11 is 3.37. The summed E-state index contributed by atoms with van der Waals surface area (Å²) in [6.45, 7) is 2.57. The van der Waals surface area contributed by atoms with Crippen molar-refractivity contribution in [3.05, 3.63) is 22.2 Å². The zero-order chi connectivity index (χ0) is 13.1. The van der Waals surface area contributed by atoms with E-state index in [1.54, 1.807) is 6.07 Å². The largest absolute Gasteiger partial charge is 0.397 e. The quantitative estimate of drug-likeness (QED) is 0.825. The first-order chi connectivity index (χ1) is 8.58. The van der Waals surface area contributed by atoms with Crippen LogP contribution in [0.2, 0.25) is 0 Å². The summed E-state index contributed by atoms with van der Waals surface area (Å²) in [5.74, 6) is -0.105. The molecule has 4 nitrogen and oxygen atoms in total. The van der Waals surface area contributed by atoms with Crippen molar-refractivity contribution in [1.29, 1.82) is 0 Å². The summed E-state index contributed by atoms with van der Waals surface area (Å²) in [6, 6.07) is 3.71. The molecule has 2 rings (SSSR count). The lowest BCUT2D eigenvalue weighted by Gasteiger charge is -2.22. The molecule has 1 aromatic carbocycles. The second-order valence-electron chi connectivity index (χ2n) is 4.53. The van der Waals surface area contributed by atoms with Crippen LogP contribution in [-0.4, -0.2) is 18.6 Å². The minimum absolute atomic E-state index is 0.105. The highest BCUT2D eigenvalue weighted by Crippen LogP contribution is 2.28. The number of rotatable bonds is 2. The van der Waals surface area contributed by atoms with Crippen molar-refractivity contribution in [2.75, 3.05) is 17.7 Å². The van der Waals surface area contributed by atoms with E-state index in [-0.39, 0.29) is 12.0 Å². The highest BCUT2D eigenvalue weighted by Gasteiger charge is 2.22. The molecule has 1 atom stereocenters. The number of aryl methyl sites for hydroxylation is 1. The van der Waals surface area contributed by atoms with Crippen molar-refractivity contribution in [1.82, 2.24) is 0 Å². The number of carbonyl (C=O) groups is 1. The summed E-state index contributed by atoms with van der Waals surface area (Å²) in [6.07, 6.45) is 2.50. The van der Waals surface area contributed by atoms with Crippen LogP contribution in [0.15, 0.2) is 16.6 Å². The third-order valence-corrected chi connectivity index (χ3v) is 3.51. The minimum atomic E-state index is -0.346. The Morgan fingerprint density at radius 3 is 2.89 bits per heavy atom. The number of benzene rings is 1. The molecule has 5 heteroatoms. The summed E-state index contributed by atoms with van der Waals surface area (Å²) in [7, 11) is 0. The maximum atomic E-state index is 12.1. The number of nitrogen functional groups attached to an aromatic ring is 1. The van der Waals surface area contributed by atoms with Crippen LogP contribution in [0.5, 0.6) is 0 Å². The first-order valence-corrected chi connectivity index (χ1v) is 6.85. The van der Waals surface area contributed by atoms with Crippen LogP contribution < -0.4 is 11.1 Å². The number of halogens is 1. The molecule has 0 saturated carbocycles. The second-order valence-corrected chi connectivity index (χ2v) is 5.45. The molecule has 1 unspecified atom stereocenters. The van der Waals surface area contributed by atoms with Crippen LogP contribution in [0.1, 0.15) is 24.8 Å².